The lowest BCUT2D eigenvalue weighted by Gasteiger charge is -2.22. The Balaban J connectivity index is 2.11. The first-order valence-electron chi connectivity index (χ1n) is 7.76. The van der Waals surface area contributed by atoms with Gasteiger partial charge in [0.15, 0.2) is 0 Å². The van der Waals surface area contributed by atoms with Crippen LogP contribution in [0.1, 0.15) is 22.3 Å². The monoisotopic (exact) mass is 329 g/mol. The molecule has 0 N–H and O–H groups in total. The summed E-state index contributed by atoms with van der Waals surface area (Å²) in [7, 11) is 1.30. The summed E-state index contributed by atoms with van der Waals surface area (Å²) < 4.78 is 18.5. The molecular weight excluding hydrogens is 309 g/mol. The summed E-state index contributed by atoms with van der Waals surface area (Å²) in [6, 6.07) is 15.6. The molecule has 0 heterocycles. The maximum Gasteiger partial charge on any atom is 0.307 e. The Morgan fingerprint density at radius 3 is 2.33 bits per heavy atom. The molecule has 0 radical (unpaired) electrons. The first-order chi connectivity index (χ1) is 11.6. The molecule has 0 aliphatic carbocycles. The van der Waals surface area contributed by atoms with E-state index in [1.807, 2.05) is 30.3 Å². The predicted octanol–water partition coefficient (Wildman–Crippen LogP) is 3.07. The van der Waals surface area contributed by atoms with E-state index in [4.69, 9.17) is 0 Å². The molecular formula is C19H20FNO3. The molecule has 2 aromatic carbocycles. The molecule has 0 spiro atoms. The fraction of sp³-hybridized carbons (Fsp3) is 0.263. The van der Waals surface area contributed by atoms with Crippen molar-refractivity contribution in [3.05, 3.63) is 71.5 Å². The fourth-order valence-corrected chi connectivity index (χ4v) is 2.36. The number of hydrogen-bond donors (Lipinski definition) is 0. The summed E-state index contributed by atoms with van der Waals surface area (Å²) in [5.74, 6) is -1.39. The molecule has 4 nitrogen and oxygen atoms in total. The first-order valence-corrected chi connectivity index (χ1v) is 7.76. The van der Waals surface area contributed by atoms with Gasteiger partial charge in [0.2, 0.25) is 0 Å². The number of hydrogen-bond acceptors (Lipinski definition) is 3. The lowest BCUT2D eigenvalue weighted by atomic mass is 10.1. The number of carbonyl (C=O) groups is 2. The van der Waals surface area contributed by atoms with Crippen molar-refractivity contribution in [2.24, 2.45) is 0 Å². The van der Waals surface area contributed by atoms with Crippen molar-refractivity contribution >= 4 is 11.9 Å². The summed E-state index contributed by atoms with van der Waals surface area (Å²) in [6.07, 6.45) is 0.702. The second-order valence-corrected chi connectivity index (χ2v) is 5.33. The van der Waals surface area contributed by atoms with Crippen LogP contribution in [0.3, 0.4) is 0 Å². The molecule has 0 atom stereocenters. The standard InChI is InChI=1S/C19H20FNO3/c1-24-18(22)12-14-21(13-11-15-7-3-2-4-8-15)19(23)16-9-5-6-10-17(16)20/h2-10H,11-14H2,1H3. The van der Waals surface area contributed by atoms with Crippen LogP contribution in [0.15, 0.2) is 54.6 Å². The zero-order valence-electron chi connectivity index (χ0n) is 13.6. The van der Waals surface area contributed by atoms with Crippen molar-refractivity contribution in [2.45, 2.75) is 12.8 Å². The lowest BCUT2D eigenvalue weighted by Crippen LogP contribution is -2.35. The highest BCUT2D eigenvalue weighted by Gasteiger charge is 2.19. The van der Waals surface area contributed by atoms with Crippen LogP contribution in [0.5, 0.6) is 0 Å². The number of ether oxygens (including phenoxy) is 1. The third-order valence-electron chi connectivity index (χ3n) is 3.72. The molecule has 0 aliphatic heterocycles. The summed E-state index contributed by atoms with van der Waals surface area (Å²) >= 11 is 0. The highest BCUT2D eigenvalue weighted by atomic mass is 19.1. The summed E-state index contributed by atoms with van der Waals surface area (Å²) in [4.78, 5) is 25.5. The third-order valence-corrected chi connectivity index (χ3v) is 3.72. The molecule has 2 rings (SSSR count). The van der Waals surface area contributed by atoms with Crippen LogP contribution in [-0.2, 0) is 16.0 Å². The Hall–Kier alpha value is -2.69. The predicted molar refractivity (Wildman–Crippen MR) is 89.1 cm³/mol. The van der Waals surface area contributed by atoms with E-state index in [1.54, 1.807) is 6.07 Å². The Labute approximate surface area is 140 Å². The van der Waals surface area contributed by atoms with Crippen LogP contribution in [0.25, 0.3) is 0 Å². The molecule has 0 saturated carbocycles. The molecule has 0 saturated heterocycles. The molecule has 0 fully saturated rings. The molecule has 0 unspecified atom stereocenters. The van der Waals surface area contributed by atoms with E-state index in [2.05, 4.69) is 4.74 Å². The number of rotatable bonds is 7. The maximum atomic E-state index is 13.9. The number of methoxy groups -OCH3 is 1. The first kappa shape index (κ1) is 17.7. The Bertz CT molecular complexity index is 688. The van der Waals surface area contributed by atoms with Crippen LogP contribution >= 0.6 is 0 Å². The molecule has 0 bridgehead atoms. The van der Waals surface area contributed by atoms with Crippen molar-refractivity contribution in [3.8, 4) is 0 Å². The van der Waals surface area contributed by atoms with Gasteiger partial charge in [-0.3, -0.25) is 9.59 Å². The number of nitrogens with zero attached hydrogens (tertiary/aromatic N) is 1. The van der Waals surface area contributed by atoms with Crippen LogP contribution in [0.4, 0.5) is 4.39 Å². The minimum Gasteiger partial charge on any atom is -0.469 e. The average molecular weight is 329 g/mol. The van der Waals surface area contributed by atoms with Crippen LogP contribution < -0.4 is 0 Å². The zero-order valence-corrected chi connectivity index (χ0v) is 13.6. The largest absolute Gasteiger partial charge is 0.469 e. The molecule has 1 amide bonds. The van der Waals surface area contributed by atoms with Gasteiger partial charge >= 0.3 is 5.97 Å². The number of amides is 1. The highest BCUT2D eigenvalue weighted by Crippen LogP contribution is 2.12. The van der Waals surface area contributed by atoms with E-state index in [0.717, 1.165) is 5.56 Å². The Morgan fingerprint density at radius 2 is 1.67 bits per heavy atom. The number of benzene rings is 2. The van der Waals surface area contributed by atoms with Crippen molar-refractivity contribution in [2.75, 3.05) is 20.2 Å². The average Bonchev–Trinajstić information content (AvgIpc) is 2.62. The minimum atomic E-state index is -0.565. The van der Waals surface area contributed by atoms with Crippen molar-refractivity contribution < 1.29 is 18.7 Å². The minimum absolute atomic E-state index is 0.00966. The quantitative estimate of drug-likeness (QED) is 0.734. The van der Waals surface area contributed by atoms with Gasteiger partial charge in [-0.05, 0) is 24.1 Å². The number of esters is 1. The zero-order chi connectivity index (χ0) is 17.4. The van der Waals surface area contributed by atoms with Gasteiger partial charge in [-0.15, -0.1) is 0 Å². The van der Waals surface area contributed by atoms with Crippen LogP contribution in [0, 0.1) is 5.82 Å². The SMILES string of the molecule is COC(=O)CCN(CCc1ccccc1)C(=O)c1ccccc1F. The van der Waals surface area contributed by atoms with Gasteiger partial charge < -0.3 is 9.64 Å². The number of halogens is 1. The fourth-order valence-electron chi connectivity index (χ4n) is 2.36. The van der Waals surface area contributed by atoms with E-state index in [1.165, 1.54) is 30.2 Å². The summed E-state index contributed by atoms with van der Waals surface area (Å²) in [6.45, 7) is 0.584. The molecule has 24 heavy (non-hydrogen) atoms. The summed E-state index contributed by atoms with van der Waals surface area (Å²) in [5.41, 5.74) is 1.08. The van der Waals surface area contributed by atoms with Crippen molar-refractivity contribution in [1.29, 1.82) is 0 Å². The topological polar surface area (TPSA) is 46.6 Å². The summed E-state index contributed by atoms with van der Waals surface area (Å²) in [5, 5.41) is 0. The van der Waals surface area contributed by atoms with Gasteiger partial charge in [0.05, 0.1) is 19.1 Å². The molecule has 2 aromatic rings. The van der Waals surface area contributed by atoms with E-state index < -0.39 is 17.7 Å². The molecule has 126 valence electrons. The molecule has 0 aromatic heterocycles. The van der Waals surface area contributed by atoms with E-state index in [9.17, 15) is 14.0 Å². The smallest absolute Gasteiger partial charge is 0.307 e. The van der Waals surface area contributed by atoms with Gasteiger partial charge in [-0.25, -0.2) is 4.39 Å². The van der Waals surface area contributed by atoms with Gasteiger partial charge in [0.25, 0.3) is 5.91 Å². The second-order valence-electron chi connectivity index (χ2n) is 5.33. The van der Waals surface area contributed by atoms with Gasteiger partial charge in [-0.1, -0.05) is 42.5 Å². The molecule has 5 heteroatoms. The highest BCUT2D eigenvalue weighted by molar-refractivity contribution is 5.94. The number of carbonyl (C=O) groups excluding carboxylic acids is 2. The van der Waals surface area contributed by atoms with Gasteiger partial charge in [-0.2, -0.15) is 0 Å². The maximum absolute atomic E-state index is 13.9. The Kier molecular flexibility index (Phi) is 6.49. The van der Waals surface area contributed by atoms with Gasteiger partial charge in [0.1, 0.15) is 5.82 Å². The third kappa shape index (κ3) is 4.91. The van der Waals surface area contributed by atoms with Crippen molar-refractivity contribution in [3.63, 3.8) is 0 Å². The molecule has 0 aliphatic rings. The van der Waals surface area contributed by atoms with Crippen molar-refractivity contribution in [1.82, 2.24) is 4.90 Å². The van der Waals surface area contributed by atoms with E-state index >= 15 is 0 Å². The normalized spacial score (nSPS) is 10.2. The Morgan fingerprint density at radius 1 is 1.00 bits per heavy atom. The van der Waals surface area contributed by atoms with E-state index in [-0.39, 0.29) is 18.5 Å². The second kappa shape index (κ2) is 8.82. The van der Waals surface area contributed by atoms with Crippen LogP contribution in [-0.4, -0.2) is 37.0 Å². The van der Waals surface area contributed by atoms with E-state index in [0.29, 0.717) is 13.0 Å². The lowest BCUT2D eigenvalue weighted by molar-refractivity contribution is -0.140. The van der Waals surface area contributed by atoms with Crippen LogP contribution in [0.2, 0.25) is 0 Å². The van der Waals surface area contributed by atoms with Gasteiger partial charge in [0, 0.05) is 13.1 Å².